The van der Waals surface area contributed by atoms with Gasteiger partial charge >= 0.3 is 6.18 Å². The molecule has 1 unspecified atom stereocenters. The van der Waals surface area contributed by atoms with E-state index < -0.39 is 23.8 Å². The van der Waals surface area contributed by atoms with Crippen molar-refractivity contribution in [3.63, 3.8) is 0 Å². The Kier molecular flexibility index (Phi) is 3.73. The molecule has 7 heteroatoms. The molecular formula is C12H12F4N2O. The third kappa shape index (κ3) is 3.21. The lowest BCUT2D eigenvalue weighted by Crippen LogP contribution is -2.44. The Labute approximate surface area is 107 Å². The number of rotatable bonds is 1. The number of carbonyl (C=O) groups is 1. The fourth-order valence-electron chi connectivity index (χ4n) is 2.09. The topological polar surface area (TPSA) is 33.2 Å². The van der Waals surface area contributed by atoms with Crippen molar-refractivity contribution in [3.05, 3.63) is 29.8 Å². The van der Waals surface area contributed by atoms with Gasteiger partial charge in [-0.05, 0) is 25.0 Å². The largest absolute Gasteiger partial charge is 0.393 e. The summed E-state index contributed by atoms with van der Waals surface area (Å²) in [6.45, 7) is -0.0914. The van der Waals surface area contributed by atoms with Crippen molar-refractivity contribution >= 4 is 5.91 Å². The van der Waals surface area contributed by atoms with Crippen molar-refractivity contribution in [2.45, 2.75) is 19.0 Å². The molecule has 0 spiro atoms. The summed E-state index contributed by atoms with van der Waals surface area (Å²) in [4.78, 5) is 16.7. The first kappa shape index (κ1) is 13.8. The molecule has 104 valence electrons. The van der Waals surface area contributed by atoms with Gasteiger partial charge in [0.2, 0.25) is 0 Å². The number of likely N-dealkylation sites (tertiary alicyclic amines) is 1. The molecule has 1 saturated heterocycles. The summed E-state index contributed by atoms with van der Waals surface area (Å²) < 4.78 is 50.6. The van der Waals surface area contributed by atoms with Crippen molar-refractivity contribution in [3.8, 4) is 0 Å². The third-order valence-electron chi connectivity index (χ3n) is 3.12. The van der Waals surface area contributed by atoms with Crippen molar-refractivity contribution in [2.75, 3.05) is 13.1 Å². The molecule has 0 saturated carbocycles. The highest BCUT2D eigenvalue weighted by atomic mass is 19.4. The van der Waals surface area contributed by atoms with Crippen LogP contribution in [0.1, 0.15) is 23.3 Å². The SMILES string of the molecule is O=C(c1ccc(F)cn1)N1CCCC(C(F)(F)F)C1. The van der Waals surface area contributed by atoms with Gasteiger partial charge in [-0.15, -0.1) is 0 Å². The second-order valence-electron chi connectivity index (χ2n) is 4.49. The van der Waals surface area contributed by atoms with Crippen LogP contribution < -0.4 is 0 Å². The van der Waals surface area contributed by atoms with Gasteiger partial charge in [-0.2, -0.15) is 13.2 Å². The van der Waals surface area contributed by atoms with E-state index in [0.29, 0.717) is 6.42 Å². The van der Waals surface area contributed by atoms with Gasteiger partial charge in [0.1, 0.15) is 11.5 Å². The van der Waals surface area contributed by atoms with E-state index in [1.807, 2.05) is 0 Å². The fourth-order valence-corrected chi connectivity index (χ4v) is 2.09. The molecule has 0 aromatic carbocycles. The van der Waals surface area contributed by atoms with Crippen LogP contribution in [0.4, 0.5) is 17.6 Å². The summed E-state index contributed by atoms with van der Waals surface area (Å²) in [5.41, 5.74) is -0.0378. The quantitative estimate of drug-likeness (QED) is 0.739. The first-order valence-corrected chi connectivity index (χ1v) is 5.85. The molecule has 3 nitrogen and oxygen atoms in total. The van der Waals surface area contributed by atoms with Crippen LogP contribution in [0, 0.1) is 11.7 Å². The normalized spacial score (nSPS) is 20.4. The van der Waals surface area contributed by atoms with E-state index in [2.05, 4.69) is 4.98 Å². The first-order valence-electron chi connectivity index (χ1n) is 5.85. The summed E-state index contributed by atoms with van der Waals surface area (Å²) in [5, 5.41) is 0. The molecule has 2 heterocycles. The second kappa shape index (κ2) is 5.14. The maximum atomic E-state index is 12.7. The van der Waals surface area contributed by atoms with Crippen molar-refractivity contribution in [2.24, 2.45) is 5.92 Å². The number of halogens is 4. The molecule has 1 fully saturated rings. The summed E-state index contributed by atoms with van der Waals surface area (Å²) in [6.07, 6.45) is -3.09. The molecule has 1 amide bonds. The molecule has 1 aliphatic rings. The molecule has 1 aromatic rings. The lowest BCUT2D eigenvalue weighted by molar-refractivity contribution is -0.184. The van der Waals surface area contributed by atoms with Crippen LogP contribution in [0.3, 0.4) is 0 Å². The molecule has 0 bridgehead atoms. The maximum absolute atomic E-state index is 12.7. The van der Waals surface area contributed by atoms with Crippen molar-refractivity contribution < 1.29 is 22.4 Å². The van der Waals surface area contributed by atoms with Gasteiger partial charge in [0, 0.05) is 13.1 Å². The van der Waals surface area contributed by atoms with Gasteiger partial charge in [-0.25, -0.2) is 9.37 Å². The molecule has 19 heavy (non-hydrogen) atoms. The highest BCUT2D eigenvalue weighted by Gasteiger charge is 2.42. The van der Waals surface area contributed by atoms with Crippen molar-refractivity contribution in [1.82, 2.24) is 9.88 Å². The highest BCUT2D eigenvalue weighted by Crippen LogP contribution is 2.33. The number of nitrogens with zero attached hydrogens (tertiary/aromatic N) is 2. The second-order valence-corrected chi connectivity index (χ2v) is 4.49. The number of alkyl halides is 3. The van der Waals surface area contributed by atoms with Crippen LogP contribution in [0.2, 0.25) is 0 Å². The Bertz CT molecular complexity index is 458. The van der Waals surface area contributed by atoms with Crippen LogP contribution in [0.5, 0.6) is 0 Å². The monoisotopic (exact) mass is 276 g/mol. The molecule has 1 aliphatic heterocycles. The van der Waals surface area contributed by atoms with E-state index in [1.54, 1.807) is 0 Å². The summed E-state index contributed by atoms with van der Waals surface area (Å²) in [6, 6.07) is 2.24. The number of piperidine rings is 1. The van der Waals surface area contributed by atoms with Gasteiger partial charge in [0.25, 0.3) is 5.91 Å². The fraction of sp³-hybridized carbons (Fsp3) is 0.500. The third-order valence-corrected chi connectivity index (χ3v) is 3.12. The van der Waals surface area contributed by atoms with Crippen LogP contribution in [-0.4, -0.2) is 35.1 Å². The van der Waals surface area contributed by atoms with E-state index in [9.17, 15) is 22.4 Å². The number of carbonyl (C=O) groups excluding carboxylic acids is 1. The van der Waals surface area contributed by atoms with E-state index in [-0.39, 0.29) is 25.2 Å². The summed E-state index contributed by atoms with van der Waals surface area (Å²) in [5.74, 6) is -2.68. The Hall–Kier alpha value is -1.66. The molecule has 1 atom stereocenters. The Morgan fingerprint density at radius 2 is 2.11 bits per heavy atom. The van der Waals surface area contributed by atoms with E-state index in [4.69, 9.17) is 0 Å². The van der Waals surface area contributed by atoms with Gasteiger partial charge < -0.3 is 4.90 Å². The average Bonchev–Trinajstić information content (AvgIpc) is 2.38. The van der Waals surface area contributed by atoms with Crippen LogP contribution in [0.25, 0.3) is 0 Å². The zero-order valence-corrected chi connectivity index (χ0v) is 9.95. The zero-order valence-electron chi connectivity index (χ0n) is 9.95. The summed E-state index contributed by atoms with van der Waals surface area (Å²) >= 11 is 0. The number of aromatic nitrogens is 1. The molecule has 0 aliphatic carbocycles. The Morgan fingerprint density at radius 3 is 2.68 bits per heavy atom. The predicted octanol–water partition coefficient (Wildman–Crippen LogP) is 2.64. The lowest BCUT2D eigenvalue weighted by Gasteiger charge is -2.33. The highest BCUT2D eigenvalue weighted by molar-refractivity contribution is 5.92. The minimum Gasteiger partial charge on any atom is -0.337 e. The van der Waals surface area contributed by atoms with E-state index >= 15 is 0 Å². The lowest BCUT2D eigenvalue weighted by atomic mass is 9.97. The Balaban J connectivity index is 2.09. The number of pyridine rings is 1. The zero-order chi connectivity index (χ0) is 14.0. The Morgan fingerprint density at radius 1 is 1.37 bits per heavy atom. The van der Waals surface area contributed by atoms with Gasteiger partial charge in [-0.1, -0.05) is 0 Å². The predicted molar refractivity (Wildman–Crippen MR) is 58.9 cm³/mol. The number of amides is 1. The maximum Gasteiger partial charge on any atom is 0.393 e. The molecule has 2 rings (SSSR count). The summed E-state index contributed by atoms with van der Waals surface area (Å²) in [7, 11) is 0. The van der Waals surface area contributed by atoms with Gasteiger partial charge in [0.15, 0.2) is 0 Å². The first-order chi connectivity index (χ1) is 8.88. The van der Waals surface area contributed by atoms with Crippen LogP contribution >= 0.6 is 0 Å². The smallest absolute Gasteiger partial charge is 0.337 e. The molecule has 0 radical (unpaired) electrons. The van der Waals surface area contributed by atoms with Crippen LogP contribution in [-0.2, 0) is 0 Å². The standard InChI is InChI=1S/C12H12F4N2O/c13-9-3-4-10(17-6-9)11(19)18-5-1-2-8(7-18)12(14,15)16/h3-4,6,8H,1-2,5,7H2. The number of hydrogen-bond donors (Lipinski definition) is 0. The van der Waals surface area contributed by atoms with Gasteiger partial charge in [-0.3, -0.25) is 4.79 Å². The average molecular weight is 276 g/mol. The van der Waals surface area contributed by atoms with E-state index in [1.165, 1.54) is 6.07 Å². The minimum absolute atomic E-state index is 0.0319. The number of hydrogen-bond acceptors (Lipinski definition) is 2. The van der Waals surface area contributed by atoms with Crippen molar-refractivity contribution in [1.29, 1.82) is 0 Å². The minimum atomic E-state index is -4.30. The molecule has 0 N–H and O–H groups in total. The van der Waals surface area contributed by atoms with E-state index in [0.717, 1.165) is 17.2 Å². The van der Waals surface area contributed by atoms with Gasteiger partial charge in [0.05, 0.1) is 12.1 Å². The van der Waals surface area contributed by atoms with Crippen LogP contribution in [0.15, 0.2) is 18.3 Å². The molecular weight excluding hydrogens is 264 g/mol. The molecule has 1 aromatic heterocycles.